The number of para-hydroxylation sites is 1. The van der Waals surface area contributed by atoms with Gasteiger partial charge in [0.15, 0.2) is 17.2 Å². The third-order valence-corrected chi connectivity index (χ3v) is 5.43. The van der Waals surface area contributed by atoms with E-state index in [2.05, 4.69) is 5.10 Å². The monoisotopic (exact) mass is 419 g/mol. The van der Waals surface area contributed by atoms with Gasteiger partial charge in [-0.2, -0.15) is 5.10 Å². The smallest absolute Gasteiger partial charge is 0.359 e. The van der Waals surface area contributed by atoms with Gasteiger partial charge in [0.05, 0.1) is 24.5 Å². The number of fused-ring (bicyclic) bond motifs is 2. The summed E-state index contributed by atoms with van der Waals surface area (Å²) in [6.45, 7) is 2.96. The number of carbonyl (C=O) groups is 2. The van der Waals surface area contributed by atoms with E-state index in [4.69, 9.17) is 14.2 Å². The van der Waals surface area contributed by atoms with Gasteiger partial charge in [0.1, 0.15) is 0 Å². The summed E-state index contributed by atoms with van der Waals surface area (Å²) >= 11 is 0. The third kappa shape index (κ3) is 3.39. The fraction of sp³-hybridized carbons (Fsp3) is 0.261. The first kappa shape index (κ1) is 19.2. The number of hydrogen-bond acceptors (Lipinski definition) is 6. The lowest BCUT2D eigenvalue weighted by Crippen LogP contribution is -2.36. The van der Waals surface area contributed by atoms with E-state index in [0.717, 1.165) is 16.9 Å². The molecule has 0 aliphatic carbocycles. The Morgan fingerprint density at radius 3 is 2.71 bits per heavy atom. The molecule has 0 saturated heterocycles. The van der Waals surface area contributed by atoms with Crippen LogP contribution in [0.25, 0.3) is 5.69 Å². The molecule has 0 spiro atoms. The van der Waals surface area contributed by atoms with Crippen molar-refractivity contribution in [3.8, 4) is 17.2 Å². The van der Waals surface area contributed by atoms with Crippen LogP contribution in [0.15, 0.2) is 48.5 Å². The second kappa shape index (κ2) is 7.79. The van der Waals surface area contributed by atoms with Gasteiger partial charge >= 0.3 is 5.97 Å². The Bertz CT molecular complexity index is 1160. The predicted molar refractivity (Wildman–Crippen MR) is 111 cm³/mol. The number of nitrogens with zero attached hydrogens (tertiary/aromatic N) is 3. The van der Waals surface area contributed by atoms with Crippen LogP contribution in [0.1, 0.15) is 39.0 Å². The van der Waals surface area contributed by atoms with Crippen LogP contribution in [0, 0.1) is 0 Å². The fourth-order valence-corrected chi connectivity index (χ4v) is 3.95. The largest absolute Gasteiger partial charge is 0.461 e. The van der Waals surface area contributed by atoms with E-state index in [1.165, 1.54) is 0 Å². The molecule has 2 aromatic carbocycles. The Kier molecular flexibility index (Phi) is 4.82. The minimum absolute atomic E-state index is 0.133. The highest BCUT2D eigenvalue weighted by molar-refractivity contribution is 5.95. The normalized spacial score (nSPS) is 14.3. The van der Waals surface area contributed by atoms with Crippen molar-refractivity contribution in [2.24, 2.45) is 0 Å². The standard InChI is InChI=1S/C23H21N3O5/c1-2-29-23(28)21-17-13-25(22(27)15-8-9-19-20(12-15)31-14-30-19)11-10-18(17)26(24-21)16-6-4-3-5-7-16/h3-9,12H,2,10-11,13-14H2,1H3. The molecule has 3 heterocycles. The van der Waals surface area contributed by atoms with Gasteiger partial charge in [-0.05, 0) is 37.3 Å². The highest BCUT2D eigenvalue weighted by Crippen LogP contribution is 2.33. The molecule has 0 saturated carbocycles. The Labute approximate surface area is 178 Å². The molecule has 0 radical (unpaired) electrons. The van der Waals surface area contributed by atoms with Crippen LogP contribution in [0.2, 0.25) is 0 Å². The van der Waals surface area contributed by atoms with E-state index in [0.29, 0.717) is 30.0 Å². The first-order valence-corrected chi connectivity index (χ1v) is 10.2. The second-order valence-electron chi connectivity index (χ2n) is 7.29. The number of benzene rings is 2. The zero-order chi connectivity index (χ0) is 21.4. The van der Waals surface area contributed by atoms with Crippen molar-refractivity contribution in [1.29, 1.82) is 0 Å². The topological polar surface area (TPSA) is 82.9 Å². The van der Waals surface area contributed by atoms with E-state index in [9.17, 15) is 9.59 Å². The molecule has 0 unspecified atom stereocenters. The Morgan fingerprint density at radius 2 is 1.90 bits per heavy atom. The van der Waals surface area contributed by atoms with Crippen molar-refractivity contribution in [3.05, 3.63) is 71.0 Å². The van der Waals surface area contributed by atoms with Crippen LogP contribution < -0.4 is 9.47 Å². The lowest BCUT2D eigenvalue weighted by molar-refractivity contribution is 0.0513. The van der Waals surface area contributed by atoms with Gasteiger partial charge < -0.3 is 19.1 Å². The minimum Gasteiger partial charge on any atom is -0.461 e. The summed E-state index contributed by atoms with van der Waals surface area (Å²) < 4.78 is 17.7. The van der Waals surface area contributed by atoms with Crippen LogP contribution in [-0.4, -0.2) is 46.5 Å². The van der Waals surface area contributed by atoms with Crippen LogP contribution >= 0.6 is 0 Å². The number of carbonyl (C=O) groups excluding carboxylic acids is 2. The number of hydrogen-bond donors (Lipinski definition) is 0. The number of aromatic nitrogens is 2. The van der Waals surface area contributed by atoms with Gasteiger partial charge in [-0.3, -0.25) is 4.79 Å². The van der Waals surface area contributed by atoms with Crippen molar-refractivity contribution in [2.75, 3.05) is 19.9 Å². The van der Waals surface area contributed by atoms with Gasteiger partial charge in [0.25, 0.3) is 5.91 Å². The van der Waals surface area contributed by atoms with Gasteiger partial charge in [0.2, 0.25) is 6.79 Å². The van der Waals surface area contributed by atoms with Gasteiger partial charge in [-0.1, -0.05) is 18.2 Å². The Balaban J connectivity index is 1.49. The average molecular weight is 419 g/mol. The van der Waals surface area contributed by atoms with Crippen LogP contribution in [0.5, 0.6) is 11.5 Å². The number of ether oxygens (including phenoxy) is 3. The van der Waals surface area contributed by atoms with Crippen LogP contribution in [0.4, 0.5) is 0 Å². The first-order chi connectivity index (χ1) is 15.2. The van der Waals surface area contributed by atoms with Gasteiger partial charge in [0, 0.05) is 24.1 Å². The number of esters is 1. The van der Waals surface area contributed by atoms with Crippen molar-refractivity contribution in [2.45, 2.75) is 19.9 Å². The molecular weight excluding hydrogens is 398 g/mol. The van der Waals surface area contributed by atoms with E-state index in [1.54, 1.807) is 34.7 Å². The summed E-state index contributed by atoms with van der Waals surface area (Å²) in [6, 6.07) is 14.8. The summed E-state index contributed by atoms with van der Waals surface area (Å²) in [5.74, 6) is 0.580. The minimum atomic E-state index is -0.481. The molecule has 0 atom stereocenters. The Morgan fingerprint density at radius 1 is 1.10 bits per heavy atom. The fourth-order valence-electron chi connectivity index (χ4n) is 3.95. The summed E-state index contributed by atoms with van der Waals surface area (Å²) in [4.78, 5) is 27.5. The highest BCUT2D eigenvalue weighted by atomic mass is 16.7. The van der Waals surface area contributed by atoms with Crippen molar-refractivity contribution in [3.63, 3.8) is 0 Å². The van der Waals surface area contributed by atoms with E-state index >= 15 is 0 Å². The summed E-state index contributed by atoms with van der Waals surface area (Å²) in [5.41, 5.74) is 3.28. The summed E-state index contributed by atoms with van der Waals surface area (Å²) in [6.07, 6.45) is 0.576. The summed E-state index contributed by atoms with van der Waals surface area (Å²) in [7, 11) is 0. The molecule has 158 valence electrons. The molecule has 0 bridgehead atoms. The molecule has 0 N–H and O–H groups in total. The zero-order valence-electron chi connectivity index (χ0n) is 17.0. The molecular formula is C23H21N3O5. The second-order valence-corrected chi connectivity index (χ2v) is 7.29. The predicted octanol–water partition coefficient (Wildman–Crippen LogP) is 2.98. The maximum atomic E-state index is 13.2. The molecule has 2 aliphatic rings. The first-order valence-electron chi connectivity index (χ1n) is 10.2. The molecule has 1 aromatic heterocycles. The lowest BCUT2D eigenvalue weighted by Gasteiger charge is -2.28. The SMILES string of the molecule is CCOC(=O)c1nn(-c2ccccc2)c2c1CN(C(=O)c1ccc3c(c1)OCO3)CC2. The van der Waals surface area contributed by atoms with Gasteiger partial charge in [-0.15, -0.1) is 0 Å². The average Bonchev–Trinajstić information content (AvgIpc) is 3.43. The number of amides is 1. The van der Waals surface area contributed by atoms with Crippen LogP contribution in [-0.2, 0) is 17.7 Å². The molecule has 2 aliphatic heterocycles. The van der Waals surface area contributed by atoms with Gasteiger partial charge in [-0.25, -0.2) is 9.48 Å². The van der Waals surface area contributed by atoms with Crippen molar-refractivity contribution in [1.82, 2.24) is 14.7 Å². The van der Waals surface area contributed by atoms with Crippen LogP contribution in [0.3, 0.4) is 0 Å². The molecule has 5 rings (SSSR count). The molecule has 1 amide bonds. The zero-order valence-corrected chi connectivity index (χ0v) is 17.0. The maximum absolute atomic E-state index is 13.2. The Hall–Kier alpha value is -3.81. The van der Waals surface area contributed by atoms with E-state index < -0.39 is 5.97 Å². The number of rotatable bonds is 4. The molecule has 3 aromatic rings. The maximum Gasteiger partial charge on any atom is 0.359 e. The highest BCUT2D eigenvalue weighted by Gasteiger charge is 2.32. The lowest BCUT2D eigenvalue weighted by atomic mass is 10.0. The summed E-state index contributed by atoms with van der Waals surface area (Å²) in [5, 5.41) is 4.56. The molecule has 8 nitrogen and oxygen atoms in total. The molecule has 8 heteroatoms. The van der Waals surface area contributed by atoms with Crippen molar-refractivity contribution < 1.29 is 23.8 Å². The van der Waals surface area contributed by atoms with E-state index in [1.807, 2.05) is 30.3 Å². The van der Waals surface area contributed by atoms with Crippen molar-refractivity contribution >= 4 is 11.9 Å². The molecule has 31 heavy (non-hydrogen) atoms. The third-order valence-electron chi connectivity index (χ3n) is 5.43. The molecule has 0 fully saturated rings. The quantitative estimate of drug-likeness (QED) is 0.605. The van der Waals surface area contributed by atoms with E-state index in [-0.39, 0.29) is 31.5 Å².